The summed E-state index contributed by atoms with van der Waals surface area (Å²) >= 11 is 0. The largest absolute Gasteiger partial charge is 0.396 e. The van der Waals surface area contributed by atoms with E-state index in [4.69, 9.17) is 5.11 Å². The minimum atomic E-state index is -3.41. The number of hydrogen-bond acceptors (Lipinski definition) is 3. The van der Waals surface area contributed by atoms with Crippen molar-refractivity contribution >= 4 is 16.1 Å². The highest BCUT2D eigenvalue weighted by atomic mass is 32.2. The van der Waals surface area contributed by atoms with Crippen LogP contribution in [0.15, 0.2) is 35.7 Å². The van der Waals surface area contributed by atoms with Gasteiger partial charge < -0.3 is 5.11 Å². The number of aliphatic hydroxyl groups is 1. The molecular weight excluding hydrogens is 250 g/mol. The average Bonchev–Trinajstić information content (AvgIpc) is 2.36. The van der Waals surface area contributed by atoms with Gasteiger partial charge in [-0.15, -0.1) is 0 Å². The maximum atomic E-state index is 11.7. The Hall–Kier alpha value is -1.17. The van der Waals surface area contributed by atoms with Gasteiger partial charge in [0.05, 0.1) is 0 Å². The van der Waals surface area contributed by atoms with Gasteiger partial charge in [-0.3, -0.25) is 0 Å². The fourth-order valence-corrected chi connectivity index (χ4v) is 2.31. The van der Waals surface area contributed by atoms with Crippen LogP contribution < -0.4 is 4.72 Å². The molecule has 0 heterocycles. The van der Waals surface area contributed by atoms with Crippen LogP contribution in [-0.2, 0) is 10.0 Å². The summed E-state index contributed by atoms with van der Waals surface area (Å²) < 4.78 is 25.8. The van der Waals surface area contributed by atoms with Crippen LogP contribution in [0.5, 0.6) is 0 Å². The van der Waals surface area contributed by atoms with Gasteiger partial charge >= 0.3 is 0 Å². The zero-order chi connectivity index (χ0) is 13.4. The molecule has 0 aliphatic carbocycles. The third-order valence-corrected chi connectivity index (χ3v) is 3.56. The Kier molecular flexibility index (Phi) is 6.04. The summed E-state index contributed by atoms with van der Waals surface area (Å²) in [4.78, 5) is 0. The van der Waals surface area contributed by atoms with Gasteiger partial charge in [-0.25, -0.2) is 13.1 Å². The van der Waals surface area contributed by atoms with Gasteiger partial charge in [-0.2, -0.15) is 0 Å². The lowest BCUT2D eigenvalue weighted by Gasteiger charge is -2.09. The third kappa shape index (κ3) is 5.95. The van der Waals surface area contributed by atoms with Crippen molar-refractivity contribution in [3.8, 4) is 0 Å². The molecule has 0 saturated heterocycles. The quantitative estimate of drug-likeness (QED) is 0.790. The van der Waals surface area contributed by atoms with Crippen LogP contribution in [0.2, 0.25) is 0 Å². The van der Waals surface area contributed by atoms with E-state index in [9.17, 15) is 8.42 Å². The van der Waals surface area contributed by atoms with Crippen molar-refractivity contribution in [1.82, 2.24) is 4.72 Å². The van der Waals surface area contributed by atoms with E-state index in [0.717, 1.165) is 11.0 Å². The first-order valence-corrected chi connectivity index (χ1v) is 7.42. The molecule has 5 heteroatoms. The maximum absolute atomic E-state index is 11.7. The second kappa shape index (κ2) is 7.31. The molecule has 1 rings (SSSR count). The van der Waals surface area contributed by atoms with E-state index in [-0.39, 0.29) is 12.5 Å². The van der Waals surface area contributed by atoms with E-state index in [1.165, 1.54) is 0 Å². The summed E-state index contributed by atoms with van der Waals surface area (Å²) in [6.45, 7) is 2.30. The van der Waals surface area contributed by atoms with Crippen molar-refractivity contribution in [3.63, 3.8) is 0 Å². The number of sulfonamides is 1. The van der Waals surface area contributed by atoms with Crippen LogP contribution in [0.4, 0.5) is 0 Å². The highest BCUT2D eigenvalue weighted by Gasteiger charge is 2.07. The van der Waals surface area contributed by atoms with Crippen LogP contribution in [0.25, 0.3) is 6.08 Å². The van der Waals surface area contributed by atoms with Crippen LogP contribution >= 0.6 is 0 Å². The van der Waals surface area contributed by atoms with Gasteiger partial charge in [0, 0.05) is 18.6 Å². The van der Waals surface area contributed by atoms with Crippen molar-refractivity contribution in [3.05, 3.63) is 41.3 Å². The summed E-state index contributed by atoms with van der Waals surface area (Å²) in [7, 11) is -3.41. The number of hydrogen-bond donors (Lipinski definition) is 2. The summed E-state index contributed by atoms with van der Waals surface area (Å²) in [5.74, 6) is 0.120. The molecular formula is C13H19NO3S. The van der Waals surface area contributed by atoms with E-state index in [1.54, 1.807) is 6.08 Å². The van der Waals surface area contributed by atoms with E-state index in [0.29, 0.717) is 13.0 Å². The first-order valence-electron chi connectivity index (χ1n) is 5.87. The van der Waals surface area contributed by atoms with Crippen molar-refractivity contribution in [2.24, 2.45) is 5.92 Å². The minimum absolute atomic E-state index is 0.0722. The maximum Gasteiger partial charge on any atom is 0.233 e. The Labute approximate surface area is 108 Å². The lowest BCUT2D eigenvalue weighted by atomic mass is 10.1. The van der Waals surface area contributed by atoms with Crippen LogP contribution in [0, 0.1) is 5.92 Å². The third-order valence-electron chi connectivity index (χ3n) is 2.49. The fraction of sp³-hybridized carbons (Fsp3) is 0.385. The molecule has 0 bridgehead atoms. The molecule has 0 radical (unpaired) electrons. The molecule has 0 saturated carbocycles. The number of nitrogens with one attached hydrogen (secondary N) is 1. The van der Waals surface area contributed by atoms with Gasteiger partial charge in [0.25, 0.3) is 0 Å². The lowest BCUT2D eigenvalue weighted by molar-refractivity contribution is 0.263. The second-order valence-electron chi connectivity index (χ2n) is 4.22. The molecule has 0 aliphatic rings. The first-order chi connectivity index (χ1) is 8.53. The molecule has 1 aromatic rings. The summed E-state index contributed by atoms with van der Waals surface area (Å²) in [5.41, 5.74) is 0.839. The molecule has 18 heavy (non-hydrogen) atoms. The highest BCUT2D eigenvalue weighted by molar-refractivity contribution is 7.92. The number of rotatable bonds is 7. The molecule has 0 aromatic heterocycles. The first kappa shape index (κ1) is 14.9. The van der Waals surface area contributed by atoms with Crippen LogP contribution in [0.3, 0.4) is 0 Å². The topological polar surface area (TPSA) is 66.4 Å². The second-order valence-corrected chi connectivity index (χ2v) is 5.88. The van der Waals surface area contributed by atoms with Crippen molar-refractivity contribution < 1.29 is 13.5 Å². The zero-order valence-electron chi connectivity index (χ0n) is 10.4. The highest BCUT2D eigenvalue weighted by Crippen LogP contribution is 2.04. The van der Waals surface area contributed by atoms with E-state index >= 15 is 0 Å². The molecule has 0 amide bonds. The smallest absolute Gasteiger partial charge is 0.233 e. The Bertz CT molecular complexity index is 468. The van der Waals surface area contributed by atoms with Gasteiger partial charge in [0.15, 0.2) is 0 Å². The van der Waals surface area contributed by atoms with Crippen molar-refractivity contribution in [2.45, 2.75) is 13.3 Å². The van der Waals surface area contributed by atoms with Crippen LogP contribution in [-0.4, -0.2) is 26.7 Å². The van der Waals surface area contributed by atoms with Gasteiger partial charge in [0.1, 0.15) is 0 Å². The summed E-state index contributed by atoms with van der Waals surface area (Å²) in [6, 6.07) is 9.24. The molecule has 0 aliphatic heterocycles. The van der Waals surface area contributed by atoms with Gasteiger partial charge in [0.2, 0.25) is 10.0 Å². The molecule has 100 valence electrons. The van der Waals surface area contributed by atoms with Gasteiger partial charge in [-0.1, -0.05) is 37.3 Å². The SMILES string of the molecule is CC(CCO)CNS(=O)(=O)C=Cc1ccccc1. The Balaban J connectivity index is 2.52. The summed E-state index contributed by atoms with van der Waals surface area (Å²) in [5, 5.41) is 9.89. The van der Waals surface area contributed by atoms with Gasteiger partial charge in [-0.05, 0) is 24.0 Å². The molecule has 4 nitrogen and oxygen atoms in total. The van der Waals surface area contributed by atoms with E-state index in [1.807, 2.05) is 37.3 Å². The normalized spacial score (nSPS) is 13.9. The predicted octanol–water partition coefficient (Wildman–Crippen LogP) is 1.60. The molecule has 1 atom stereocenters. The average molecular weight is 269 g/mol. The van der Waals surface area contributed by atoms with Crippen LogP contribution in [0.1, 0.15) is 18.9 Å². The lowest BCUT2D eigenvalue weighted by Crippen LogP contribution is -2.27. The Morgan fingerprint density at radius 2 is 2.00 bits per heavy atom. The minimum Gasteiger partial charge on any atom is -0.396 e. The number of aliphatic hydroxyl groups excluding tert-OH is 1. The molecule has 1 unspecified atom stereocenters. The van der Waals surface area contributed by atoms with E-state index < -0.39 is 10.0 Å². The Morgan fingerprint density at radius 1 is 1.33 bits per heavy atom. The fourth-order valence-electron chi connectivity index (χ4n) is 1.36. The number of benzene rings is 1. The van der Waals surface area contributed by atoms with Crippen molar-refractivity contribution in [1.29, 1.82) is 0 Å². The van der Waals surface area contributed by atoms with E-state index in [2.05, 4.69) is 4.72 Å². The molecule has 1 aromatic carbocycles. The zero-order valence-corrected chi connectivity index (χ0v) is 11.2. The molecule has 0 spiro atoms. The molecule has 0 fully saturated rings. The Morgan fingerprint density at radius 3 is 2.61 bits per heavy atom. The van der Waals surface area contributed by atoms with Crippen molar-refractivity contribution in [2.75, 3.05) is 13.2 Å². The summed E-state index contributed by atoms with van der Waals surface area (Å²) in [6.07, 6.45) is 2.14. The molecule has 2 N–H and O–H groups in total. The monoisotopic (exact) mass is 269 g/mol. The standard InChI is InChI=1S/C13H19NO3S/c1-12(7-9-15)11-14-18(16,17)10-8-13-5-3-2-4-6-13/h2-6,8,10,12,14-15H,7,9,11H2,1H3. The predicted molar refractivity (Wildman–Crippen MR) is 73.3 cm³/mol.